The number of nitrogens with one attached hydrogen (secondary N) is 1. The summed E-state index contributed by atoms with van der Waals surface area (Å²) in [5.74, 6) is -1.49. The molecule has 0 unspecified atom stereocenters. The van der Waals surface area contributed by atoms with Gasteiger partial charge in [0.1, 0.15) is 23.6 Å². The van der Waals surface area contributed by atoms with Crippen molar-refractivity contribution in [3.05, 3.63) is 71.7 Å². The molecule has 8 nitrogen and oxygen atoms in total. The van der Waals surface area contributed by atoms with Gasteiger partial charge in [0.2, 0.25) is 17.7 Å². The molecule has 5 rings (SSSR count). The highest BCUT2D eigenvalue weighted by Gasteiger charge is 2.57. The summed E-state index contributed by atoms with van der Waals surface area (Å²) < 4.78 is 14.8. The van der Waals surface area contributed by atoms with Gasteiger partial charge in [-0.05, 0) is 35.9 Å². The van der Waals surface area contributed by atoms with Crippen LogP contribution < -0.4 is 16.0 Å². The van der Waals surface area contributed by atoms with Crippen molar-refractivity contribution in [1.82, 2.24) is 9.78 Å². The average molecular weight is 405 g/mol. The van der Waals surface area contributed by atoms with Crippen molar-refractivity contribution in [1.29, 1.82) is 0 Å². The quantitative estimate of drug-likeness (QED) is 0.688. The SMILES string of the molecule is NC(=O)CN1C(=O)[C@]2(CC(=O)Nc3c2cnn3-c2ccc(F)cc2)c2ccccc21. The lowest BCUT2D eigenvalue weighted by Gasteiger charge is -2.32. The van der Waals surface area contributed by atoms with Crippen LogP contribution in [-0.4, -0.2) is 34.0 Å². The topological polar surface area (TPSA) is 110 Å². The van der Waals surface area contributed by atoms with Crippen molar-refractivity contribution in [3.63, 3.8) is 0 Å². The molecule has 1 atom stereocenters. The Balaban J connectivity index is 1.73. The number of rotatable bonds is 3. The maximum absolute atomic E-state index is 13.6. The molecule has 0 bridgehead atoms. The van der Waals surface area contributed by atoms with Crippen molar-refractivity contribution in [3.8, 4) is 5.69 Å². The Kier molecular flexibility index (Phi) is 3.76. The average Bonchev–Trinajstić information content (AvgIpc) is 3.23. The van der Waals surface area contributed by atoms with Crippen LogP contribution in [0.4, 0.5) is 15.9 Å². The van der Waals surface area contributed by atoms with Crippen LogP contribution in [0.3, 0.4) is 0 Å². The first-order valence-electron chi connectivity index (χ1n) is 9.26. The standard InChI is InChI=1S/C21H16FN5O3/c22-12-5-7-13(8-6-12)27-19-15(10-24-27)21(9-18(29)25-19)14-3-1-2-4-16(14)26(20(21)30)11-17(23)28/h1-8,10H,9,11H2,(H2,23,28)(H,25,29)/t21-/m1/s1. The highest BCUT2D eigenvalue weighted by molar-refractivity contribution is 6.17. The summed E-state index contributed by atoms with van der Waals surface area (Å²) in [6.07, 6.45) is 1.40. The van der Waals surface area contributed by atoms with Crippen LogP contribution in [0.1, 0.15) is 17.5 Å². The van der Waals surface area contributed by atoms with E-state index in [0.29, 0.717) is 28.3 Å². The molecule has 0 fully saturated rings. The molecular weight excluding hydrogens is 389 g/mol. The third kappa shape index (κ3) is 2.38. The molecule has 1 aromatic heterocycles. The number of amides is 3. The fourth-order valence-corrected chi connectivity index (χ4v) is 4.34. The van der Waals surface area contributed by atoms with E-state index >= 15 is 0 Å². The lowest BCUT2D eigenvalue weighted by molar-refractivity contribution is -0.127. The summed E-state index contributed by atoms with van der Waals surface area (Å²) in [4.78, 5) is 39.3. The molecule has 30 heavy (non-hydrogen) atoms. The van der Waals surface area contributed by atoms with Gasteiger partial charge in [0.05, 0.1) is 11.9 Å². The molecule has 2 aliphatic rings. The van der Waals surface area contributed by atoms with Gasteiger partial charge in [-0.25, -0.2) is 9.07 Å². The number of anilines is 2. The van der Waals surface area contributed by atoms with Crippen LogP contribution in [0, 0.1) is 5.82 Å². The number of fused-ring (bicyclic) bond motifs is 4. The molecule has 3 N–H and O–H groups in total. The fourth-order valence-electron chi connectivity index (χ4n) is 4.34. The van der Waals surface area contributed by atoms with Gasteiger partial charge in [0, 0.05) is 17.7 Å². The molecule has 0 aliphatic carbocycles. The van der Waals surface area contributed by atoms with Crippen molar-refractivity contribution in [2.75, 3.05) is 16.8 Å². The zero-order chi connectivity index (χ0) is 21.0. The summed E-state index contributed by atoms with van der Waals surface area (Å²) >= 11 is 0. The minimum absolute atomic E-state index is 0.125. The van der Waals surface area contributed by atoms with Crippen LogP contribution >= 0.6 is 0 Å². The zero-order valence-electron chi connectivity index (χ0n) is 15.6. The van der Waals surface area contributed by atoms with E-state index in [2.05, 4.69) is 10.4 Å². The molecule has 0 radical (unpaired) electrons. The van der Waals surface area contributed by atoms with Gasteiger partial charge in [0.25, 0.3) is 0 Å². The first kappa shape index (κ1) is 18.0. The van der Waals surface area contributed by atoms with Crippen LogP contribution in [-0.2, 0) is 19.8 Å². The molecular formula is C21H16FN5O3. The molecule has 3 amide bonds. The second-order valence-electron chi connectivity index (χ2n) is 7.30. The van der Waals surface area contributed by atoms with E-state index in [1.54, 1.807) is 24.3 Å². The van der Waals surface area contributed by atoms with E-state index in [4.69, 9.17) is 5.73 Å². The third-order valence-electron chi connectivity index (χ3n) is 5.56. The molecule has 0 saturated carbocycles. The maximum Gasteiger partial charge on any atom is 0.243 e. The Hall–Kier alpha value is -4.01. The molecule has 9 heteroatoms. The number of carbonyl (C=O) groups excluding carboxylic acids is 3. The maximum atomic E-state index is 13.6. The monoisotopic (exact) mass is 405 g/mol. The first-order valence-corrected chi connectivity index (χ1v) is 9.26. The van der Waals surface area contributed by atoms with Gasteiger partial charge < -0.3 is 16.0 Å². The van der Waals surface area contributed by atoms with Crippen LogP contribution in [0.5, 0.6) is 0 Å². The van der Waals surface area contributed by atoms with E-state index < -0.39 is 23.0 Å². The zero-order valence-corrected chi connectivity index (χ0v) is 15.6. The van der Waals surface area contributed by atoms with Crippen molar-refractivity contribution in [2.24, 2.45) is 5.73 Å². The summed E-state index contributed by atoms with van der Waals surface area (Å²) in [6.45, 7) is -0.291. The molecule has 150 valence electrons. The minimum atomic E-state index is -1.32. The van der Waals surface area contributed by atoms with E-state index in [1.807, 2.05) is 0 Å². The van der Waals surface area contributed by atoms with Crippen molar-refractivity contribution >= 4 is 29.2 Å². The molecule has 0 saturated heterocycles. The Morgan fingerprint density at radius 1 is 1.13 bits per heavy atom. The number of hydrogen-bond acceptors (Lipinski definition) is 4. The van der Waals surface area contributed by atoms with Crippen molar-refractivity contribution < 1.29 is 18.8 Å². The molecule has 3 aromatic rings. The van der Waals surface area contributed by atoms with Crippen LogP contribution in [0.15, 0.2) is 54.7 Å². The van der Waals surface area contributed by atoms with E-state index in [9.17, 15) is 18.8 Å². The largest absolute Gasteiger partial charge is 0.368 e. The van der Waals surface area contributed by atoms with Crippen molar-refractivity contribution in [2.45, 2.75) is 11.8 Å². The summed E-state index contributed by atoms with van der Waals surface area (Å²) in [5.41, 5.74) is 6.24. The van der Waals surface area contributed by atoms with Gasteiger partial charge in [-0.2, -0.15) is 5.10 Å². The predicted molar refractivity (Wildman–Crippen MR) is 106 cm³/mol. The number of hydrogen-bond donors (Lipinski definition) is 2. The molecule has 2 aliphatic heterocycles. The van der Waals surface area contributed by atoms with Gasteiger partial charge >= 0.3 is 0 Å². The third-order valence-corrected chi connectivity index (χ3v) is 5.56. The molecule has 1 spiro atoms. The Morgan fingerprint density at radius 3 is 2.60 bits per heavy atom. The summed E-state index contributed by atoms with van der Waals surface area (Å²) in [6, 6.07) is 12.7. The lowest BCUT2D eigenvalue weighted by Crippen LogP contribution is -2.48. The summed E-state index contributed by atoms with van der Waals surface area (Å²) in [5, 5.41) is 7.15. The highest BCUT2D eigenvalue weighted by Crippen LogP contribution is 2.52. The predicted octanol–water partition coefficient (Wildman–Crippen LogP) is 1.47. The number of primary amides is 1. The second kappa shape index (κ2) is 6.24. The Labute approximate surface area is 170 Å². The number of para-hydroxylation sites is 1. The Bertz CT molecular complexity index is 1220. The number of nitrogens with zero attached hydrogens (tertiary/aromatic N) is 3. The smallest absolute Gasteiger partial charge is 0.243 e. The number of aromatic nitrogens is 2. The number of halogens is 1. The number of benzene rings is 2. The normalized spacial score (nSPS) is 19.6. The van der Waals surface area contributed by atoms with Gasteiger partial charge in [-0.15, -0.1) is 0 Å². The first-order chi connectivity index (χ1) is 14.4. The second-order valence-corrected chi connectivity index (χ2v) is 7.30. The van der Waals surface area contributed by atoms with Gasteiger partial charge in [0.15, 0.2) is 0 Å². The summed E-state index contributed by atoms with van der Waals surface area (Å²) in [7, 11) is 0. The number of carbonyl (C=O) groups is 3. The number of nitrogens with two attached hydrogens (primary N) is 1. The minimum Gasteiger partial charge on any atom is -0.368 e. The molecule has 3 heterocycles. The van der Waals surface area contributed by atoms with E-state index in [1.165, 1.54) is 40.0 Å². The van der Waals surface area contributed by atoms with E-state index in [0.717, 1.165) is 0 Å². The van der Waals surface area contributed by atoms with Crippen LogP contribution in [0.2, 0.25) is 0 Å². The van der Waals surface area contributed by atoms with Gasteiger partial charge in [-0.1, -0.05) is 18.2 Å². The lowest BCUT2D eigenvalue weighted by atomic mass is 9.72. The fraction of sp³-hybridized carbons (Fsp3) is 0.143. The molecule has 2 aromatic carbocycles. The van der Waals surface area contributed by atoms with Crippen LogP contribution in [0.25, 0.3) is 5.69 Å². The Morgan fingerprint density at radius 2 is 1.87 bits per heavy atom. The highest BCUT2D eigenvalue weighted by atomic mass is 19.1. The van der Waals surface area contributed by atoms with E-state index in [-0.39, 0.29) is 18.9 Å². The van der Waals surface area contributed by atoms with Gasteiger partial charge in [-0.3, -0.25) is 14.4 Å².